The van der Waals surface area contributed by atoms with E-state index in [9.17, 15) is 23.9 Å². The van der Waals surface area contributed by atoms with Gasteiger partial charge in [0.25, 0.3) is 0 Å². The third-order valence-electron chi connectivity index (χ3n) is 5.54. The van der Waals surface area contributed by atoms with Gasteiger partial charge in [-0.3, -0.25) is 19.5 Å². The average molecular weight is 428 g/mol. The highest BCUT2D eigenvalue weighted by molar-refractivity contribution is 6.08. The summed E-state index contributed by atoms with van der Waals surface area (Å²) in [5.74, 6) is -2.95. The van der Waals surface area contributed by atoms with Crippen molar-refractivity contribution in [3.63, 3.8) is 0 Å². The molecule has 0 bridgehead atoms. The maximum absolute atomic E-state index is 13.9. The Morgan fingerprint density at radius 1 is 1.23 bits per heavy atom. The number of pyridine rings is 1. The maximum Gasteiger partial charge on any atom is 0.404 e. The molecule has 2 aliphatic rings. The number of imide groups is 1. The van der Waals surface area contributed by atoms with E-state index in [2.05, 4.69) is 4.98 Å². The van der Waals surface area contributed by atoms with Gasteiger partial charge >= 0.3 is 12.0 Å². The summed E-state index contributed by atoms with van der Waals surface area (Å²) in [6.07, 6.45) is 3.28. The molecule has 0 spiro atoms. The highest BCUT2D eigenvalue weighted by Gasteiger charge is 2.54. The summed E-state index contributed by atoms with van der Waals surface area (Å²) in [7, 11) is 0. The van der Waals surface area contributed by atoms with Crippen LogP contribution >= 0.6 is 0 Å². The molecule has 0 saturated carbocycles. The second kappa shape index (κ2) is 7.64. The monoisotopic (exact) mass is 428 g/mol. The number of likely N-dealkylation sites (tertiary alicyclic amines) is 1. The zero-order valence-electron chi connectivity index (χ0n) is 16.9. The molecule has 0 radical (unpaired) electrons. The Hall–Kier alpha value is -3.49. The van der Waals surface area contributed by atoms with Crippen LogP contribution in [0.3, 0.4) is 0 Å². The minimum atomic E-state index is -2.25. The van der Waals surface area contributed by atoms with E-state index in [0.29, 0.717) is 5.56 Å². The first-order valence-electron chi connectivity index (χ1n) is 9.85. The summed E-state index contributed by atoms with van der Waals surface area (Å²) in [5.41, 5.74) is 1.46. The number of aromatic nitrogens is 1. The van der Waals surface area contributed by atoms with Gasteiger partial charge in [0.15, 0.2) is 11.5 Å². The Morgan fingerprint density at radius 3 is 2.58 bits per heavy atom. The fourth-order valence-electron chi connectivity index (χ4n) is 3.97. The molecule has 2 aromatic rings. The van der Waals surface area contributed by atoms with Crippen LogP contribution < -0.4 is 9.47 Å². The van der Waals surface area contributed by atoms with Gasteiger partial charge < -0.3 is 14.6 Å². The molecular weight excluding hydrogens is 407 g/mol. The summed E-state index contributed by atoms with van der Waals surface area (Å²) in [5, 5.41) is 9.60. The Bertz CT molecular complexity index is 1040. The number of amides is 2. The molecule has 3 heterocycles. The highest BCUT2D eigenvalue weighted by atomic mass is 19.2. The van der Waals surface area contributed by atoms with E-state index in [-0.39, 0.29) is 30.3 Å². The van der Waals surface area contributed by atoms with Crippen molar-refractivity contribution in [3.05, 3.63) is 53.9 Å². The van der Waals surface area contributed by atoms with Gasteiger partial charge in [0.1, 0.15) is 6.04 Å². The number of carboxylic acid groups (broad SMARTS) is 1. The molecule has 0 aliphatic carbocycles. The maximum atomic E-state index is 13.9. The molecule has 1 saturated heterocycles. The third kappa shape index (κ3) is 3.95. The van der Waals surface area contributed by atoms with E-state index in [4.69, 9.17) is 9.47 Å². The average Bonchev–Trinajstić information content (AvgIpc) is 3.03. The van der Waals surface area contributed by atoms with Crippen LogP contribution in [0.2, 0.25) is 0 Å². The standard InChI is InChI=1S/C22H21FN2O6/c1-12(14-3-4-16-17(11-14)31-22(2,23)30-16)9-18(26)25-19(21(28)29)15(20(25)27)10-13-5-7-24-8-6-13/h3-8,11-12,15,19H,9-10H2,1-2H3,(H,28,29)/t12-,15+,19-,22?/m0/s1. The van der Waals surface area contributed by atoms with Crippen molar-refractivity contribution in [1.82, 2.24) is 9.88 Å². The summed E-state index contributed by atoms with van der Waals surface area (Å²) in [6, 6.07) is 4.78. The quantitative estimate of drug-likeness (QED) is 0.705. The third-order valence-corrected chi connectivity index (χ3v) is 5.54. The van der Waals surface area contributed by atoms with Crippen LogP contribution in [-0.2, 0) is 20.8 Å². The van der Waals surface area contributed by atoms with E-state index in [1.165, 1.54) is 0 Å². The van der Waals surface area contributed by atoms with E-state index < -0.39 is 35.8 Å². The van der Waals surface area contributed by atoms with Gasteiger partial charge in [-0.15, -0.1) is 0 Å². The van der Waals surface area contributed by atoms with Crippen LogP contribution in [0.15, 0.2) is 42.7 Å². The SMILES string of the molecule is C[C@@H](CC(=O)N1C(=O)[C@H](Cc2ccncc2)[C@H]1C(=O)O)c1ccc2c(c1)OC(C)(F)O2. The smallest absolute Gasteiger partial charge is 0.404 e. The largest absolute Gasteiger partial charge is 0.480 e. The zero-order valence-corrected chi connectivity index (χ0v) is 16.9. The minimum Gasteiger partial charge on any atom is -0.480 e. The molecule has 4 atom stereocenters. The number of fused-ring (bicyclic) bond motifs is 1. The molecule has 2 aliphatic heterocycles. The lowest BCUT2D eigenvalue weighted by atomic mass is 9.81. The number of hydrogen-bond acceptors (Lipinski definition) is 6. The number of halogens is 1. The normalized spacial score (nSPS) is 25.1. The lowest BCUT2D eigenvalue weighted by molar-refractivity contribution is -0.177. The Morgan fingerprint density at radius 2 is 1.90 bits per heavy atom. The second-order valence-electron chi connectivity index (χ2n) is 7.90. The van der Waals surface area contributed by atoms with Gasteiger partial charge in [-0.05, 0) is 47.7 Å². The first kappa shape index (κ1) is 20.8. The fourth-order valence-corrected chi connectivity index (χ4v) is 3.97. The predicted octanol–water partition coefficient (Wildman–Crippen LogP) is 2.67. The second-order valence-corrected chi connectivity index (χ2v) is 7.90. The molecule has 8 nitrogen and oxygen atoms in total. The van der Waals surface area contributed by atoms with Gasteiger partial charge in [0.05, 0.1) is 5.92 Å². The van der Waals surface area contributed by atoms with Gasteiger partial charge in [-0.2, -0.15) is 4.39 Å². The molecule has 162 valence electrons. The number of benzene rings is 1. The van der Waals surface area contributed by atoms with Crippen molar-refractivity contribution in [3.8, 4) is 11.5 Å². The van der Waals surface area contributed by atoms with Crippen LogP contribution in [-0.4, -0.2) is 44.9 Å². The predicted molar refractivity (Wildman–Crippen MR) is 105 cm³/mol. The number of aliphatic carboxylic acids is 1. The zero-order chi connectivity index (χ0) is 22.3. The van der Waals surface area contributed by atoms with E-state index in [0.717, 1.165) is 17.4 Å². The molecular formula is C22H21FN2O6. The van der Waals surface area contributed by atoms with Crippen molar-refractivity contribution in [2.24, 2.45) is 5.92 Å². The highest BCUT2D eigenvalue weighted by Crippen LogP contribution is 2.42. The number of carbonyl (C=O) groups excluding carboxylic acids is 2. The summed E-state index contributed by atoms with van der Waals surface area (Å²) >= 11 is 0. The first-order chi connectivity index (χ1) is 14.7. The number of carbonyl (C=O) groups is 3. The van der Waals surface area contributed by atoms with Crippen molar-refractivity contribution in [2.45, 2.75) is 44.7 Å². The molecule has 31 heavy (non-hydrogen) atoms. The number of nitrogens with zero attached hydrogens (tertiary/aromatic N) is 2. The number of rotatable bonds is 6. The molecule has 9 heteroatoms. The van der Waals surface area contributed by atoms with Crippen LogP contribution in [0, 0.1) is 5.92 Å². The summed E-state index contributed by atoms with van der Waals surface area (Å²) in [4.78, 5) is 41.9. The van der Waals surface area contributed by atoms with Gasteiger partial charge in [0, 0.05) is 25.7 Å². The number of carboxylic acids is 1. The Kier molecular flexibility index (Phi) is 5.12. The van der Waals surface area contributed by atoms with Crippen molar-refractivity contribution in [1.29, 1.82) is 0 Å². The Balaban J connectivity index is 1.44. The van der Waals surface area contributed by atoms with E-state index in [1.807, 2.05) is 0 Å². The number of hydrogen-bond donors (Lipinski definition) is 1. The van der Waals surface area contributed by atoms with Crippen LogP contribution in [0.1, 0.15) is 37.3 Å². The fraction of sp³-hybridized carbons (Fsp3) is 0.364. The van der Waals surface area contributed by atoms with Crippen LogP contribution in [0.5, 0.6) is 11.5 Å². The molecule has 1 N–H and O–H groups in total. The number of alkyl halides is 1. The first-order valence-corrected chi connectivity index (χ1v) is 9.85. The van der Waals surface area contributed by atoms with E-state index in [1.54, 1.807) is 49.6 Å². The van der Waals surface area contributed by atoms with Gasteiger partial charge in [-0.25, -0.2) is 4.79 Å². The molecule has 4 rings (SSSR count). The topological polar surface area (TPSA) is 106 Å². The number of ether oxygens (including phenoxy) is 2. The number of β-lactam (4-membered cyclic amide) rings is 1. The van der Waals surface area contributed by atoms with Crippen molar-refractivity contribution < 1.29 is 33.4 Å². The molecule has 1 unspecified atom stereocenters. The van der Waals surface area contributed by atoms with Crippen molar-refractivity contribution >= 4 is 17.8 Å². The van der Waals surface area contributed by atoms with E-state index >= 15 is 0 Å². The molecule has 2 amide bonds. The molecule has 1 fully saturated rings. The summed E-state index contributed by atoms with van der Waals surface area (Å²) < 4.78 is 24.0. The molecule has 1 aromatic carbocycles. The van der Waals surface area contributed by atoms with Gasteiger partial charge in [-0.1, -0.05) is 13.0 Å². The summed E-state index contributed by atoms with van der Waals surface area (Å²) in [6.45, 7) is 2.90. The minimum absolute atomic E-state index is 0.0793. The van der Waals surface area contributed by atoms with Crippen LogP contribution in [0.25, 0.3) is 0 Å². The molecule has 1 aromatic heterocycles. The van der Waals surface area contributed by atoms with Crippen LogP contribution in [0.4, 0.5) is 4.39 Å². The van der Waals surface area contributed by atoms with Gasteiger partial charge in [0.2, 0.25) is 11.8 Å². The van der Waals surface area contributed by atoms with Crippen molar-refractivity contribution in [2.75, 3.05) is 0 Å². The Labute approximate surface area is 177 Å². The lowest BCUT2D eigenvalue weighted by Gasteiger charge is -2.43. The lowest BCUT2D eigenvalue weighted by Crippen LogP contribution is -2.66.